The second kappa shape index (κ2) is 4.40. The Labute approximate surface area is 103 Å². The van der Waals surface area contributed by atoms with Crippen molar-refractivity contribution in [2.75, 3.05) is 18.8 Å². The van der Waals surface area contributed by atoms with Crippen LogP contribution in [0.5, 0.6) is 0 Å². The molecule has 3 N–H and O–H groups in total. The molecule has 1 aromatic rings. The van der Waals surface area contributed by atoms with Crippen LogP contribution in [0, 0.1) is 27.7 Å². The van der Waals surface area contributed by atoms with E-state index in [4.69, 9.17) is 5.73 Å². The van der Waals surface area contributed by atoms with E-state index < -0.39 is 0 Å². The molecule has 0 aliphatic carbocycles. The van der Waals surface area contributed by atoms with Crippen LogP contribution in [0.2, 0.25) is 0 Å². The Morgan fingerprint density at radius 2 is 1.65 bits per heavy atom. The number of aliphatic imine (C=N–C) groups is 1. The normalized spacial score (nSPS) is 14.7. The molecule has 1 aromatic carbocycles. The molecule has 17 heavy (non-hydrogen) atoms. The van der Waals surface area contributed by atoms with Gasteiger partial charge in [0.15, 0.2) is 0 Å². The molecule has 0 fully saturated rings. The molecule has 0 unspecified atom stereocenters. The molecular formula is C14H21N3. The Hall–Kier alpha value is -1.51. The predicted molar refractivity (Wildman–Crippen MR) is 73.8 cm³/mol. The van der Waals surface area contributed by atoms with E-state index >= 15 is 0 Å². The first kappa shape index (κ1) is 12.0. The summed E-state index contributed by atoms with van der Waals surface area (Å²) in [6.45, 7) is 10.4. The van der Waals surface area contributed by atoms with Crippen LogP contribution in [-0.2, 0) is 6.42 Å². The van der Waals surface area contributed by atoms with Crippen LogP contribution in [0.1, 0.15) is 27.8 Å². The van der Waals surface area contributed by atoms with Crippen molar-refractivity contribution in [3.05, 3.63) is 27.8 Å². The predicted octanol–water partition coefficient (Wildman–Crippen LogP) is 2.05. The Morgan fingerprint density at radius 3 is 2.12 bits per heavy atom. The van der Waals surface area contributed by atoms with E-state index in [1.807, 2.05) is 0 Å². The number of hydrogen-bond donors (Lipinski definition) is 2. The standard InChI is InChI=1S/C14H21N3/c1-8-10(3)14(15)11(4)9(2)12(8)7-13-16-5-6-17-13/h5-7,15H2,1-4H3,(H,16,17). The molecule has 3 heteroatoms. The number of amidine groups is 1. The van der Waals surface area contributed by atoms with Crippen LogP contribution in [0.25, 0.3) is 0 Å². The summed E-state index contributed by atoms with van der Waals surface area (Å²) in [6.07, 6.45) is 0.902. The van der Waals surface area contributed by atoms with Crippen LogP contribution in [-0.4, -0.2) is 18.9 Å². The highest BCUT2D eigenvalue weighted by molar-refractivity contribution is 5.86. The minimum atomic E-state index is 0.902. The molecule has 0 amide bonds. The Morgan fingerprint density at radius 1 is 1.06 bits per heavy atom. The van der Waals surface area contributed by atoms with Gasteiger partial charge in [0.25, 0.3) is 0 Å². The van der Waals surface area contributed by atoms with Crippen molar-refractivity contribution >= 4 is 11.5 Å². The molecule has 0 bridgehead atoms. The largest absolute Gasteiger partial charge is 0.398 e. The van der Waals surface area contributed by atoms with Crippen LogP contribution < -0.4 is 11.1 Å². The monoisotopic (exact) mass is 231 g/mol. The molecule has 1 aliphatic rings. The lowest BCUT2D eigenvalue weighted by molar-refractivity contribution is 0.951. The molecule has 0 atom stereocenters. The molecule has 3 nitrogen and oxygen atoms in total. The van der Waals surface area contributed by atoms with Gasteiger partial charge in [-0.05, 0) is 55.5 Å². The van der Waals surface area contributed by atoms with Gasteiger partial charge < -0.3 is 11.1 Å². The SMILES string of the molecule is Cc1c(C)c(CC2=NCCN2)c(C)c(C)c1N. The highest BCUT2D eigenvalue weighted by Gasteiger charge is 2.15. The van der Waals surface area contributed by atoms with Gasteiger partial charge in [0.1, 0.15) is 5.84 Å². The zero-order valence-corrected chi connectivity index (χ0v) is 11.1. The molecule has 0 aromatic heterocycles. The first-order valence-corrected chi connectivity index (χ1v) is 6.14. The molecular weight excluding hydrogens is 210 g/mol. The van der Waals surface area contributed by atoms with Crippen molar-refractivity contribution in [3.63, 3.8) is 0 Å². The van der Waals surface area contributed by atoms with Crippen molar-refractivity contribution in [1.82, 2.24) is 5.32 Å². The van der Waals surface area contributed by atoms with Crippen LogP contribution >= 0.6 is 0 Å². The summed E-state index contributed by atoms with van der Waals surface area (Å²) in [6, 6.07) is 0. The lowest BCUT2D eigenvalue weighted by atomic mass is 9.90. The Bertz CT molecular complexity index is 458. The van der Waals surface area contributed by atoms with Crippen molar-refractivity contribution < 1.29 is 0 Å². The van der Waals surface area contributed by atoms with Crippen LogP contribution in [0.15, 0.2) is 4.99 Å². The van der Waals surface area contributed by atoms with E-state index in [2.05, 4.69) is 38.0 Å². The van der Waals surface area contributed by atoms with Gasteiger partial charge in [0, 0.05) is 18.7 Å². The maximum atomic E-state index is 6.11. The van der Waals surface area contributed by atoms with Crippen LogP contribution in [0.3, 0.4) is 0 Å². The quantitative estimate of drug-likeness (QED) is 0.765. The topological polar surface area (TPSA) is 50.4 Å². The maximum absolute atomic E-state index is 6.11. The fraction of sp³-hybridized carbons (Fsp3) is 0.500. The number of nitrogen functional groups attached to an aromatic ring is 1. The fourth-order valence-corrected chi connectivity index (χ4v) is 2.42. The third kappa shape index (κ3) is 2.02. The van der Waals surface area contributed by atoms with Crippen molar-refractivity contribution in [1.29, 1.82) is 0 Å². The first-order valence-electron chi connectivity index (χ1n) is 6.14. The number of nitrogens with two attached hydrogens (primary N) is 1. The number of hydrogen-bond acceptors (Lipinski definition) is 3. The zero-order valence-electron chi connectivity index (χ0n) is 11.1. The second-order valence-corrected chi connectivity index (χ2v) is 4.82. The molecule has 0 saturated heterocycles. The van der Waals surface area contributed by atoms with Gasteiger partial charge in [0.05, 0.1) is 6.54 Å². The van der Waals surface area contributed by atoms with E-state index in [0.717, 1.165) is 31.0 Å². The molecule has 0 radical (unpaired) electrons. The van der Waals surface area contributed by atoms with Gasteiger partial charge in [-0.3, -0.25) is 4.99 Å². The van der Waals surface area contributed by atoms with Crippen molar-refractivity contribution in [2.45, 2.75) is 34.1 Å². The summed E-state index contributed by atoms with van der Waals surface area (Å²) in [7, 11) is 0. The van der Waals surface area contributed by atoms with E-state index in [1.165, 1.54) is 27.8 Å². The lowest BCUT2D eigenvalue weighted by Gasteiger charge is -2.18. The summed E-state index contributed by atoms with van der Waals surface area (Å²) >= 11 is 0. The average Bonchev–Trinajstić information content (AvgIpc) is 2.82. The van der Waals surface area contributed by atoms with Gasteiger partial charge >= 0.3 is 0 Å². The summed E-state index contributed by atoms with van der Waals surface area (Å²) in [5.41, 5.74) is 13.5. The second-order valence-electron chi connectivity index (χ2n) is 4.82. The number of rotatable bonds is 2. The number of benzene rings is 1. The number of nitrogens with zero attached hydrogens (tertiary/aromatic N) is 1. The van der Waals surface area contributed by atoms with Gasteiger partial charge in [-0.1, -0.05) is 0 Å². The highest BCUT2D eigenvalue weighted by atomic mass is 15.1. The molecule has 92 valence electrons. The smallest absolute Gasteiger partial charge is 0.101 e. The molecule has 1 heterocycles. The van der Waals surface area contributed by atoms with Crippen LogP contribution in [0.4, 0.5) is 5.69 Å². The summed E-state index contributed by atoms with van der Waals surface area (Å²) in [5.74, 6) is 1.11. The summed E-state index contributed by atoms with van der Waals surface area (Å²) in [4.78, 5) is 4.47. The molecule has 0 saturated carbocycles. The third-order valence-electron chi connectivity index (χ3n) is 3.93. The minimum Gasteiger partial charge on any atom is -0.398 e. The molecule has 2 rings (SSSR count). The summed E-state index contributed by atoms with van der Waals surface area (Å²) in [5, 5.41) is 3.33. The van der Waals surface area contributed by atoms with Gasteiger partial charge in [0.2, 0.25) is 0 Å². The van der Waals surface area contributed by atoms with E-state index in [1.54, 1.807) is 0 Å². The Kier molecular flexibility index (Phi) is 3.09. The fourth-order valence-electron chi connectivity index (χ4n) is 2.42. The van der Waals surface area contributed by atoms with Gasteiger partial charge in [-0.25, -0.2) is 0 Å². The number of anilines is 1. The van der Waals surface area contributed by atoms with E-state index in [9.17, 15) is 0 Å². The average molecular weight is 231 g/mol. The third-order valence-corrected chi connectivity index (χ3v) is 3.93. The van der Waals surface area contributed by atoms with E-state index in [-0.39, 0.29) is 0 Å². The van der Waals surface area contributed by atoms with Crippen molar-refractivity contribution in [3.8, 4) is 0 Å². The highest BCUT2D eigenvalue weighted by Crippen LogP contribution is 2.28. The Balaban J connectivity index is 2.46. The minimum absolute atomic E-state index is 0.902. The number of nitrogens with one attached hydrogen (secondary N) is 1. The van der Waals surface area contributed by atoms with E-state index in [0.29, 0.717) is 0 Å². The lowest BCUT2D eigenvalue weighted by Crippen LogP contribution is -2.22. The maximum Gasteiger partial charge on any atom is 0.101 e. The molecule has 0 spiro atoms. The first-order chi connectivity index (χ1) is 8.02. The van der Waals surface area contributed by atoms with Gasteiger partial charge in [-0.2, -0.15) is 0 Å². The van der Waals surface area contributed by atoms with Gasteiger partial charge in [-0.15, -0.1) is 0 Å². The summed E-state index contributed by atoms with van der Waals surface area (Å²) < 4.78 is 0. The van der Waals surface area contributed by atoms with Crippen molar-refractivity contribution in [2.24, 2.45) is 4.99 Å². The zero-order chi connectivity index (χ0) is 12.6. The molecule has 1 aliphatic heterocycles.